The van der Waals surface area contributed by atoms with Gasteiger partial charge in [-0.3, -0.25) is 4.79 Å². The number of phenolic OH excluding ortho intramolecular Hbond substituents is 1. The largest absolute Gasteiger partial charge is 0.506 e. The van der Waals surface area contributed by atoms with E-state index in [4.69, 9.17) is 4.74 Å². The number of hydrogen-bond acceptors (Lipinski definition) is 7. The Morgan fingerprint density at radius 1 is 1.07 bits per heavy atom. The van der Waals surface area contributed by atoms with Gasteiger partial charge in [0.25, 0.3) is 0 Å². The van der Waals surface area contributed by atoms with Crippen LogP contribution in [0.4, 0.5) is 0 Å². The molecule has 0 aliphatic rings. The summed E-state index contributed by atoms with van der Waals surface area (Å²) in [5.41, 5.74) is 2.47. The van der Waals surface area contributed by atoms with E-state index in [9.17, 15) is 18.3 Å². The first-order chi connectivity index (χ1) is 14.4. The fourth-order valence-corrected chi connectivity index (χ4v) is 5.14. The molecule has 7 nitrogen and oxygen atoms in total. The first kappa shape index (κ1) is 22.5. The lowest BCUT2D eigenvalue weighted by atomic mass is 10.1. The van der Waals surface area contributed by atoms with Crippen molar-refractivity contribution >= 4 is 31.4 Å². The summed E-state index contributed by atoms with van der Waals surface area (Å²) in [7, 11) is -3.14. The van der Waals surface area contributed by atoms with Gasteiger partial charge in [-0.1, -0.05) is 47.7 Å². The Kier molecular flexibility index (Phi) is 8.03. The molecule has 162 valence electrons. The molecule has 0 saturated heterocycles. The van der Waals surface area contributed by atoms with Crippen LogP contribution in [0.2, 0.25) is 0 Å². The van der Waals surface area contributed by atoms with Crippen molar-refractivity contribution in [2.45, 2.75) is 19.4 Å². The molecule has 3 aromatic rings. The summed E-state index contributed by atoms with van der Waals surface area (Å²) in [5.74, 6) is 0.216. The molecule has 2 aromatic carbocycles. The number of thiazole rings is 1. The van der Waals surface area contributed by atoms with Crippen molar-refractivity contribution in [1.29, 1.82) is 0 Å². The molecule has 1 aromatic heterocycles. The molecule has 0 unspecified atom stereocenters. The van der Waals surface area contributed by atoms with Gasteiger partial charge in [-0.25, -0.2) is 8.42 Å². The fourth-order valence-electron chi connectivity index (χ4n) is 3.09. The molecule has 0 bridgehead atoms. The van der Waals surface area contributed by atoms with Gasteiger partial charge in [0.05, 0.1) is 29.4 Å². The second-order valence-electron chi connectivity index (χ2n) is 7.01. The molecule has 0 aliphatic carbocycles. The van der Waals surface area contributed by atoms with Crippen LogP contribution in [0, 0.1) is 0 Å². The van der Waals surface area contributed by atoms with Gasteiger partial charge in [-0.15, -0.1) is 0 Å². The highest BCUT2D eigenvalue weighted by molar-refractivity contribution is 7.91. The van der Waals surface area contributed by atoms with Gasteiger partial charge in [0.2, 0.25) is 0 Å². The average Bonchev–Trinajstić information content (AvgIpc) is 3.13. The summed E-state index contributed by atoms with van der Waals surface area (Å²) in [6.45, 7) is 1.86. The van der Waals surface area contributed by atoms with Crippen molar-refractivity contribution in [2.75, 3.05) is 31.2 Å². The van der Waals surface area contributed by atoms with E-state index in [1.54, 1.807) is 6.07 Å². The number of hydrogen-bond donors (Lipinski definition) is 3. The number of benzene rings is 2. The van der Waals surface area contributed by atoms with Gasteiger partial charge in [0.15, 0.2) is 9.84 Å². The van der Waals surface area contributed by atoms with Crippen molar-refractivity contribution in [3.8, 4) is 5.75 Å². The standard InChI is InChI=1S/C21H26N2O5S2/c24-18-8-7-17(20-19(18)23-21(25)29-20)9-11-22-10-4-13-30(26,27)14-12-28-15-16-5-2-1-3-6-16/h1-3,5-8,22,24H,4,9-15H2,(H,23,25). The van der Waals surface area contributed by atoms with Crippen LogP contribution >= 0.6 is 11.3 Å². The van der Waals surface area contributed by atoms with E-state index < -0.39 is 9.84 Å². The lowest BCUT2D eigenvalue weighted by molar-refractivity contribution is 0.135. The predicted molar refractivity (Wildman–Crippen MR) is 120 cm³/mol. The van der Waals surface area contributed by atoms with Crippen LogP contribution in [0.15, 0.2) is 47.3 Å². The average molecular weight is 451 g/mol. The molecule has 0 radical (unpaired) electrons. The predicted octanol–water partition coefficient (Wildman–Crippen LogP) is 2.45. The molecular weight excluding hydrogens is 424 g/mol. The van der Waals surface area contributed by atoms with Crippen molar-refractivity contribution in [2.24, 2.45) is 0 Å². The van der Waals surface area contributed by atoms with E-state index in [-0.39, 0.29) is 28.7 Å². The number of ether oxygens (including phenoxy) is 1. The van der Waals surface area contributed by atoms with Crippen molar-refractivity contribution in [1.82, 2.24) is 10.3 Å². The number of aromatic amines is 1. The fraction of sp³-hybridized carbons (Fsp3) is 0.381. The highest BCUT2D eigenvalue weighted by Crippen LogP contribution is 2.27. The number of rotatable bonds is 12. The number of H-pyrrole nitrogens is 1. The Morgan fingerprint density at radius 3 is 2.67 bits per heavy atom. The maximum absolute atomic E-state index is 12.1. The summed E-state index contributed by atoms with van der Waals surface area (Å²) in [6.07, 6.45) is 1.22. The Morgan fingerprint density at radius 2 is 1.87 bits per heavy atom. The van der Waals surface area contributed by atoms with Crippen LogP contribution < -0.4 is 10.2 Å². The number of nitrogens with one attached hydrogen (secondary N) is 2. The third-order valence-corrected chi connectivity index (χ3v) is 7.33. The molecular formula is C21H26N2O5S2. The molecule has 0 atom stereocenters. The summed E-state index contributed by atoms with van der Waals surface area (Å²) in [6, 6.07) is 13.0. The van der Waals surface area contributed by atoms with Gasteiger partial charge < -0.3 is 20.1 Å². The SMILES string of the molecule is O=c1[nH]c2c(O)ccc(CCNCCCS(=O)(=O)CCOCc3ccccc3)c2s1. The van der Waals surface area contributed by atoms with Crippen LogP contribution in [-0.4, -0.2) is 49.7 Å². The molecule has 3 N–H and O–H groups in total. The smallest absolute Gasteiger partial charge is 0.305 e. The molecule has 0 amide bonds. The molecule has 0 aliphatic heterocycles. The first-order valence-electron chi connectivity index (χ1n) is 9.81. The third-order valence-electron chi connectivity index (χ3n) is 4.67. The zero-order valence-electron chi connectivity index (χ0n) is 16.6. The summed E-state index contributed by atoms with van der Waals surface area (Å²) < 4.78 is 30.4. The first-order valence-corrected chi connectivity index (χ1v) is 12.4. The van der Waals surface area contributed by atoms with E-state index >= 15 is 0 Å². The molecule has 3 rings (SSSR count). The number of aromatic hydroxyl groups is 1. The van der Waals surface area contributed by atoms with Gasteiger partial charge in [-0.2, -0.15) is 0 Å². The van der Waals surface area contributed by atoms with Crippen LogP contribution in [-0.2, 0) is 27.6 Å². The van der Waals surface area contributed by atoms with Gasteiger partial charge >= 0.3 is 4.87 Å². The molecule has 30 heavy (non-hydrogen) atoms. The van der Waals surface area contributed by atoms with E-state index in [0.717, 1.165) is 27.2 Å². The minimum atomic E-state index is -3.14. The summed E-state index contributed by atoms with van der Waals surface area (Å²) in [4.78, 5) is 14.0. The number of aromatic nitrogens is 1. The minimum Gasteiger partial charge on any atom is -0.506 e. The Balaban J connectivity index is 1.32. The molecule has 0 spiro atoms. The van der Waals surface area contributed by atoms with E-state index in [1.165, 1.54) is 0 Å². The molecule has 1 heterocycles. The van der Waals surface area contributed by atoms with Crippen LogP contribution in [0.1, 0.15) is 17.5 Å². The molecule has 0 fully saturated rings. The van der Waals surface area contributed by atoms with Gasteiger partial charge in [0.1, 0.15) is 11.3 Å². The lowest BCUT2D eigenvalue weighted by Crippen LogP contribution is -2.23. The number of phenols is 1. The van der Waals surface area contributed by atoms with Crippen LogP contribution in [0.5, 0.6) is 5.75 Å². The molecule has 9 heteroatoms. The van der Waals surface area contributed by atoms with Crippen LogP contribution in [0.25, 0.3) is 10.2 Å². The zero-order chi connectivity index (χ0) is 21.4. The number of sulfone groups is 1. The maximum Gasteiger partial charge on any atom is 0.305 e. The maximum atomic E-state index is 12.1. The minimum absolute atomic E-state index is 0.0255. The van der Waals surface area contributed by atoms with Crippen molar-refractivity contribution < 1.29 is 18.3 Å². The summed E-state index contributed by atoms with van der Waals surface area (Å²) in [5, 5.41) is 13.1. The Bertz CT molecular complexity index is 1110. The zero-order valence-corrected chi connectivity index (χ0v) is 18.2. The third kappa shape index (κ3) is 6.66. The quantitative estimate of drug-likeness (QED) is 0.366. The monoisotopic (exact) mass is 450 g/mol. The Labute approximate surface area is 179 Å². The lowest BCUT2D eigenvalue weighted by Gasteiger charge is -2.08. The van der Waals surface area contributed by atoms with Crippen molar-refractivity contribution in [3.63, 3.8) is 0 Å². The second-order valence-corrected chi connectivity index (χ2v) is 10.3. The Hall–Kier alpha value is -2.20. The van der Waals surface area contributed by atoms with E-state index in [2.05, 4.69) is 10.3 Å². The van der Waals surface area contributed by atoms with Gasteiger partial charge in [-0.05, 0) is 43.1 Å². The van der Waals surface area contributed by atoms with E-state index in [1.807, 2.05) is 36.4 Å². The highest BCUT2D eigenvalue weighted by atomic mass is 32.2. The molecule has 0 saturated carbocycles. The highest BCUT2D eigenvalue weighted by Gasteiger charge is 2.11. The van der Waals surface area contributed by atoms with Gasteiger partial charge in [0, 0.05) is 0 Å². The van der Waals surface area contributed by atoms with E-state index in [0.29, 0.717) is 38.1 Å². The normalized spacial score (nSPS) is 11.9. The van der Waals surface area contributed by atoms with Crippen LogP contribution in [0.3, 0.4) is 0 Å². The van der Waals surface area contributed by atoms with Crippen molar-refractivity contribution in [3.05, 3.63) is 63.3 Å². The topological polar surface area (TPSA) is 108 Å². The second kappa shape index (κ2) is 10.7. The number of fused-ring (bicyclic) bond motifs is 1. The summed E-state index contributed by atoms with van der Waals surface area (Å²) >= 11 is 1.08.